The molecule has 1 atom stereocenters. The first-order chi connectivity index (χ1) is 13.0. The lowest BCUT2D eigenvalue weighted by molar-refractivity contribution is -0.132. The fourth-order valence-corrected chi connectivity index (χ4v) is 3.42. The van der Waals surface area contributed by atoms with Crippen molar-refractivity contribution in [3.05, 3.63) is 59.7 Å². The highest BCUT2D eigenvalue weighted by atomic mass is 16.2. The minimum Gasteiger partial charge on any atom is -0.376 e. The maximum Gasteiger partial charge on any atom is 0.255 e. The molecular weight excluding hydrogens is 338 g/mol. The predicted molar refractivity (Wildman–Crippen MR) is 109 cm³/mol. The zero-order chi connectivity index (χ0) is 19.2. The molecule has 1 aliphatic rings. The third-order valence-corrected chi connectivity index (χ3v) is 5.08. The van der Waals surface area contributed by atoms with Gasteiger partial charge in [0.15, 0.2) is 0 Å². The van der Waals surface area contributed by atoms with Crippen LogP contribution in [0.2, 0.25) is 0 Å². The quantitative estimate of drug-likeness (QED) is 0.840. The Labute approximate surface area is 160 Å². The molecule has 5 heteroatoms. The molecule has 0 aliphatic carbocycles. The van der Waals surface area contributed by atoms with Crippen molar-refractivity contribution in [2.75, 3.05) is 23.7 Å². The zero-order valence-electron chi connectivity index (χ0n) is 16.0. The van der Waals surface area contributed by atoms with E-state index in [1.165, 1.54) is 6.42 Å². The molecule has 0 bridgehead atoms. The van der Waals surface area contributed by atoms with E-state index in [0.29, 0.717) is 17.3 Å². The molecule has 1 heterocycles. The molecule has 0 spiro atoms. The standard InChI is InChI=1S/C22H27N3O2/c1-16-11-12-19(24-22(27)18-9-4-3-5-10-18)14-20(16)23-15-21(26)25-13-7-6-8-17(25)2/h3-5,9-12,14,17,23H,6-8,13,15H2,1-2H3,(H,24,27). The SMILES string of the molecule is Cc1ccc(NC(=O)c2ccccc2)cc1NCC(=O)N1CCCCC1C. The molecule has 1 saturated heterocycles. The zero-order valence-corrected chi connectivity index (χ0v) is 16.0. The van der Waals surface area contributed by atoms with Crippen LogP contribution in [0.1, 0.15) is 42.1 Å². The van der Waals surface area contributed by atoms with Crippen LogP contribution in [-0.4, -0.2) is 35.8 Å². The summed E-state index contributed by atoms with van der Waals surface area (Å²) in [6.45, 7) is 5.20. The molecule has 2 aromatic rings. The van der Waals surface area contributed by atoms with E-state index in [1.807, 2.05) is 48.2 Å². The maximum absolute atomic E-state index is 12.5. The first-order valence-electron chi connectivity index (χ1n) is 9.55. The van der Waals surface area contributed by atoms with Gasteiger partial charge in [0.2, 0.25) is 5.91 Å². The lowest BCUT2D eigenvalue weighted by atomic mass is 10.0. The normalized spacial score (nSPS) is 16.7. The summed E-state index contributed by atoms with van der Waals surface area (Å²) in [5.41, 5.74) is 3.21. The number of hydrogen-bond acceptors (Lipinski definition) is 3. The van der Waals surface area contributed by atoms with Crippen LogP contribution in [0.5, 0.6) is 0 Å². The Morgan fingerprint density at radius 1 is 1.11 bits per heavy atom. The molecule has 3 rings (SSSR count). The van der Waals surface area contributed by atoms with Gasteiger partial charge in [-0.25, -0.2) is 0 Å². The van der Waals surface area contributed by atoms with E-state index in [4.69, 9.17) is 0 Å². The number of hydrogen-bond donors (Lipinski definition) is 2. The van der Waals surface area contributed by atoms with Crippen LogP contribution >= 0.6 is 0 Å². The van der Waals surface area contributed by atoms with Crippen molar-refractivity contribution >= 4 is 23.2 Å². The second kappa shape index (κ2) is 8.71. The summed E-state index contributed by atoms with van der Waals surface area (Å²) in [6.07, 6.45) is 3.35. The van der Waals surface area contributed by atoms with Crippen molar-refractivity contribution in [2.45, 2.75) is 39.2 Å². The Balaban J connectivity index is 1.63. The van der Waals surface area contributed by atoms with Crippen LogP contribution in [0.25, 0.3) is 0 Å². The van der Waals surface area contributed by atoms with E-state index in [1.54, 1.807) is 12.1 Å². The number of rotatable bonds is 5. The fourth-order valence-electron chi connectivity index (χ4n) is 3.42. The van der Waals surface area contributed by atoms with Crippen molar-refractivity contribution in [1.82, 2.24) is 4.90 Å². The first kappa shape index (κ1) is 19.0. The topological polar surface area (TPSA) is 61.4 Å². The number of amides is 2. The van der Waals surface area contributed by atoms with Gasteiger partial charge in [0, 0.05) is 29.5 Å². The van der Waals surface area contributed by atoms with E-state index < -0.39 is 0 Å². The van der Waals surface area contributed by atoms with Gasteiger partial charge in [0.25, 0.3) is 5.91 Å². The van der Waals surface area contributed by atoms with Gasteiger partial charge < -0.3 is 15.5 Å². The Bertz CT molecular complexity index is 804. The molecule has 0 saturated carbocycles. The van der Waals surface area contributed by atoms with Crippen LogP contribution < -0.4 is 10.6 Å². The molecule has 27 heavy (non-hydrogen) atoms. The number of carbonyl (C=O) groups is 2. The van der Waals surface area contributed by atoms with Crippen LogP contribution in [0.3, 0.4) is 0 Å². The maximum atomic E-state index is 12.5. The van der Waals surface area contributed by atoms with Crippen molar-refractivity contribution in [1.29, 1.82) is 0 Å². The lowest BCUT2D eigenvalue weighted by Gasteiger charge is -2.33. The van der Waals surface area contributed by atoms with Crippen molar-refractivity contribution in [3.8, 4) is 0 Å². The Kier molecular flexibility index (Phi) is 6.12. The first-order valence-corrected chi connectivity index (χ1v) is 9.55. The summed E-state index contributed by atoms with van der Waals surface area (Å²) in [4.78, 5) is 26.8. The Morgan fingerprint density at radius 2 is 1.89 bits per heavy atom. The second-order valence-corrected chi connectivity index (χ2v) is 7.14. The van der Waals surface area contributed by atoms with E-state index in [-0.39, 0.29) is 18.4 Å². The predicted octanol–water partition coefficient (Wildman–Crippen LogP) is 4.06. The number of aryl methyl sites for hydroxylation is 1. The summed E-state index contributed by atoms with van der Waals surface area (Å²) in [5.74, 6) is -0.0241. The van der Waals surface area contributed by atoms with Gasteiger partial charge in [0.05, 0.1) is 6.54 Å². The van der Waals surface area contributed by atoms with Gasteiger partial charge in [-0.3, -0.25) is 9.59 Å². The number of piperidine rings is 1. The highest BCUT2D eigenvalue weighted by molar-refractivity contribution is 6.04. The number of nitrogens with zero attached hydrogens (tertiary/aromatic N) is 1. The molecular formula is C22H27N3O2. The summed E-state index contributed by atoms with van der Waals surface area (Å²) in [7, 11) is 0. The van der Waals surface area contributed by atoms with E-state index in [9.17, 15) is 9.59 Å². The summed E-state index contributed by atoms with van der Waals surface area (Å²) >= 11 is 0. The van der Waals surface area contributed by atoms with Crippen molar-refractivity contribution in [2.24, 2.45) is 0 Å². The van der Waals surface area contributed by atoms with E-state index >= 15 is 0 Å². The third-order valence-electron chi connectivity index (χ3n) is 5.08. The fraction of sp³-hybridized carbons (Fsp3) is 0.364. The monoisotopic (exact) mass is 365 g/mol. The molecule has 1 aliphatic heterocycles. The molecule has 1 unspecified atom stereocenters. The molecule has 5 nitrogen and oxygen atoms in total. The van der Waals surface area contributed by atoms with Gasteiger partial charge in [0.1, 0.15) is 0 Å². The number of carbonyl (C=O) groups excluding carboxylic acids is 2. The molecule has 0 aromatic heterocycles. The summed E-state index contributed by atoms with van der Waals surface area (Å²) < 4.78 is 0. The lowest BCUT2D eigenvalue weighted by Crippen LogP contribution is -2.44. The van der Waals surface area contributed by atoms with Gasteiger partial charge in [-0.15, -0.1) is 0 Å². The number of anilines is 2. The molecule has 142 valence electrons. The molecule has 2 aromatic carbocycles. The Morgan fingerprint density at radius 3 is 2.63 bits per heavy atom. The molecule has 0 radical (unpaired) electrons. The van der Waals surface area contributed by atoms with E-state index in [2.05, 4.69) is 17.6 Å². The summed E-state index contributed by atoms with van der Waals surface area (Å²) in [6, 6.07) is 15.1. The molecule has 1 fully saturated rings. The molecule has 2 amide bonds. The van der Waals surface area contributed by atoms with E-state index in [0.717, 1.165) is 30.6 Å². The van der Waals surface area contributed by atoms with Gasteiger partial charge in [-0.2, -0.15) is 0 Å². The van der Waals surface area contributed by atoms with Gasteiger partial charge in [-0.1, -0.05) is 24.3 Å². The third kappa shape index (κ3) is 4.88. The minimum atomic E-state index is -0.149. The number of nitrogens with one attached hydrogen (secondary N) is 2. The minimum absolute atomic E-state index is 0.125. The Hall–Kier alpha value is -2.82. The van der Waals surface area contributed by atoms with Crippen LogP contribution in [0.15, 0.2) is 48.5 Å². The largest absolute Gasteiger partial charge is 0.376 e. The van der Waals surface area contributed by atoms with Gasteiger partial charge >= 0.3 is 0 Å². The average molecular weight is 365 g/mol. The molecule has 2 N–H and O–H groups in total. The highest BCUT2D eigenvalue weighted by Crippen LogP contribution is 2.22. The van der Waals surface area contributed by atoms with Gasteiger partial charge in [-0.05, 0) is 62.9 Å². The smallest absolute Gasteiger partial charge is 0.255 e. The second-order valence-electron chi connectivity index (χ2n) is 7.14. The number of benzene rings is 2. The van der Waals surface area contributed by atoms with Crippen molar-refractivity contribution < 1.29 is 9.59 Å². The van der Waals surface area contributed by atoms with Crippen LogP contribution in [0, 0.1) is 6.92 Å². The van der Waals surface area contributed by atoms with Crippen LogP contribution in [-0.2, 0) is 4.79 Å². The average Bonchev–Trinajstić information content (AvgIpc) is 2.69. The van der Waals surface area contributed by atoms with Crippen LogP contribution in [0.4, 0.5) is 11.4 Å². The summed E-state index contributed by atoms with van der Waals surface area (Å²) in [5, 5.41) is 6.15. The van der Waals surface area contributed by atoms with Crippen molar-refractivity contribution in [3.63, 3.8) is 0 Å². The highest BCUT2D eigenvalue weighted by Gasteiger charge is 2.22. The number of likely N-dealkylation sites (tertiary alicyclic amines) is 1.